The van der Waals surface area contributed by atoms with Gasteiger partial charge in [0.25, 0.3) is 0 Å². The average Bonchev–Trinajstić information content (AvgIpc) is 2.74. The highest BCUT2D eigenvalue weighted by atomic mass is 79.9. The number of fused-ring (bicyclic) bond motifs is 3. The van der Waals surface area contributed by atoms with E-state index in [0.717, 1.165) is 5.52 Å². The van der Waals surface area contributed by atoms with Gasteiger partial charge in [-0.25, -0.2) is 13.9 Å². The molecular formula is C10H4BrFN4. The summed E-state index contributed by atoms with van der Waals surface area (Å²) >= 11 is 3.28. The Kier molecular flexibility index (Phi) is 1.79. The normalized spacial score (nSPS) is 11.1. The fourth-order valence-corrected chi connectivity index (χ4v) is 2.31. The summed E-state index contributed by atoms with van der Waals surface area (Å²) in [6.45, 7) is 0. The number of rotatable bonds is 0. The molecule has 3 aromatic rings. The zero-order valence-corrected chi connectivity index (χ0v) is 9.42. The SMILES string of the molecule is N#Cc1c[nH]n2c1nc1cc(F)cc(Br)c12. The summed E-state index contributed by atoms with van der Waals surface area (Å²) in [5.74, 6) is -0.362. The number of nitriles is 1. The summed E-state index contributed by atoms with van der Waals surface area (Å²) in [5, 5.41) is 11.8. The molecule has 0 saturated heterocycles. The van der Waals surface area contributed by atoms with Crippen LogP contribution in [0.15, 0.2) is 22.8 Å². The van der Waals surface area contributed by atoms with E-state index in [2.05, 4.69) is 26.0 Å². The number of H-pyrrole nitrogens is 1. The monoisotopic (exact) mass is 278 g/mol. The van der Waals surface area contributed by atoms with Gasteiger partial charge >= 0.3 is 0 Å². The van der Waals surface area contributed by atoms with Crippen LogP contribution in [0, 0.1) is 17.1 Å². The molecule has 2 heterocycles. The molecule has 2 aromatic heterocycles. The largest absolute Gasteiger partial charge is 0.298 e. The predicted molar refractivity (Wildman–Crippen MR) is 59.4 cm³/mol. The summed E-state index contributed by atoms with van der Waals surface area (Å²) < 4.78 is 15.4. The third-order valence-corrected chi connectivity index (χ3v) is 2.97. The molecule has 0 bridgehead atoms. The van der Waals surface area contributed by atoms with Crippen LogP contribution in [-0.4, -0.2) is 14.6 Å². The maximum Gasteiger partial charge on any atom is 0.172 e. The Morgan fingerprint density at radius 1 is 1.50 bits per heavy atom. The van der Waals surface area contributed by atoms with Gasteiger partial charge < -0.3 is 0 Å². The molecule has 6 heteroatoms. The molecule has 0 atom stereocenters. The maximum atomic E-state index is 13.2. The molecule has 16 heavy (non-hydrogen) atoms. The van der Waals surface area contributed by atoms with Gasteiger partial charge in [0.1, 0.15) is 23.0 Å². The summed E-state index contributed by atoms with van der Waals surface area (Å²) in [7, 11) is 0. The highest BCUT2D eigenvalue weighted by molar-refractivity contribution is 9.10. The molecule has 0 aliphatic rings. The van der Waals surface area contributed by atoms with E-state index in [1.165, 1.54) is 12.1 Å². The molecule has 3 rings (SSSR count). The van der Waals surface area contributed by atoms with E-state index in [1.807, 2.05) is 6.07 Å². The van der Waals surface area contributed by atoms with E-state index in [4.69, 9.17) is 5.26 Å². The number of imidazole rings is 1. The Hall–Kier alpha value is -1.87. The van der Waals surface area contributed by atoms with Crippen LogP contribution in [0.25, 0.3) is 16.7 Å². The Morgan fingerprint density at radius 3 is 3.06 bits per heavy atom. The van der Waals surface area contributed by atoms with Gasteiger partial charge in [0.05, 0.1) is 5.52 Å². The fraction of sp³-hybridized carbons (Fsp3) is 0. The molecule has 0 unspecified atom stereocenters. The highest BCUT2D eigenvalue weighted by Gasteiger charge is 2.13. The second-order valence-corrected chi connectivity index (χ2v) is 4.18. The molecule has 0 spiro atoms. The Balaban J connectivity index is 2.57. The van der Waals surface area contributed by atoms with Crippen molar-refractivity contribution in [1.82, 2.24) is 14.6 Å². The van der Waals surface area contributed by atoms with Crippen molar-refractivity contribution in [3.63, 3.8) is 0 Å². The number of aromatic amines is 1. The number of hydrogen-bond donors (Lipinski definition) is 1. The lowest BCUT2D eigenvalue weighted by Gasteiger charge is -1.95. The lowest BCUT2D eigenvalue weighted by atomic mass is 10.3. The smallest absolute Gasteiger partial charge is 0.172 e. The minimum Gasteiger partial charge on any atom is -0.298 e. The number of nitrogens with one attached hydrogen (secondary N) is 1. The van der Waals surface area contributed by atoms with E-state index in [0.29, 0.717) is 21.2 Å². The highest BCUT2D eigenvalue weighted by Crippen LogP contribution is 2.26. The fourth-order valence-electron chi connectivity index (χ4n) is 1.71. The molecule has 1 aromatic carbocycles. The van der Waals surface area contributed by atoms with Gasteiger partial charge in [-0.05, 0) is 22.0 Å². The van der Waals surface area contributed by atoms with Gasteiger partial charge in [0, 0.05) is 16.7 Å². The first-order valence-corrected chi connectivity index (χ1v) is 5.24. The third-order valence-electron chi connectivity index (χ3n) is 2.37. The third kappa shape index (κ3) is 1.09. The molecule has 0 aliphatic heterocycles. The van der Waals surface area contributed by atoms with E-state index >= 15 is 0 Å². The standard InChI is InChI=1S/C10H4BrFN4/c11-7-1-6(12)2-8-9(7)16-10(15-8)5(3-13)4-14-16/h1-2,4,14H. The van der Waals surface area contributed by atoms with Crippen LogP contribution in [0.2, 0.25) is 0 Å². The first-order chi connectivity index (χ1) is 7.70. The number of halogens is 2. The van der Waals surface area contributed by atoms with Crippen molar-refractivity contribution >= 4 is 32.6 Å². The quantitative estimate of drug-likeness (QED) is 0.687. The van der Waals surface area contributed by atoms with Crippen LogP contribution >= 0.6 is 15.9 Å². The maximum absolute atomic E-state index is 13.2. The zero-order valence-electron chi connectivity index (χ0n) is 7.83. The van der Waals surface area contributed by atoms with E-state index in [1.54, 1.807) is 10.7 Å². The Bertz CT molecular complexity index is 749. The van der Waals surface area contributed by atoms with Crippen LogP contribution in [-0.2, 0) is 0 Å². The number of hydrogen-bond acceptors (Lipinski definition) is 2. The van der Waals surface area contributed by atoms with Gasteiger partial charge in [-0.1, -0.05) is 0 Å². The first kappa shape index (κ1) is 9.36. The summed E-state index contributed by atoms with van der Waals surface area (Å²) in [4.78, 5) is 4.21. The van der Waals surface area contributed by atoms with Crippen molar-refractivity contribution in [2.24, 2.45) is 0 Å². The second kappa shape index (κ2) is 3.06. The molecule has 78 valence electrons. The van der Waals surface area contributed by atoms with Crippen molar-refractivity contribution in [3.05, 3.63) is 34.2 Å². The first-order valence-electron chi connectivity index (χ1n) is 4.45. The van der Waals surface area contributed by atoms with Gasteiger partial charge in [0.15, 0.2) is 5.65 Å². The van der Waals surface area contributed by atoms with Crippen LogP contribution in [0.1, 0.15) is 5.56 Å². The number of benzene rings is 1. The molecule has 4 nitrogen and oxygen atoms in total. The number of aromatic nitrogens is 3. The van der Waals surface area contributed by atoms with Gasteiger partial charge in [0.2, 0.25) is 0 Å². The summed E-state index contributed by atoms with van der Waals surface area (Å²) in [5.41, 5.74) is 2.17. The van der Waals surface area contributed by atoms with Crippen LogP contribution in [0.4, 0.5) is 4.39 Å². The molecule has 0 radical (unpaired) electrons. The van der Waals surface area contributed by atoms with E-state index in [-0.39, 0.29) is 5.82 Å². The van der Waals surface area contributed by atoms with Crippen molar-refractivity contribution in [3.8, 4) is 6.07 Å². The van der Waals surface area contributed by atoms with Crippen LogP contribution in [0.3, 0.4) is 0 Å². The predicted octanol–water partition coefficient (Wildman–Crippen LogP) is 2.59. The van der Waals surface area contributed by atoms with Crippen molar-refractivity contribution in [2.45, 2.75) is 0 Å². The minimum absolute atomic E-state index is 0.362. The number of nitrogens with zero attached hydrogens (tertiary/aromatic N) is 3. The molecular weight excluding hydrogens is 275 g/mol. The van der Waals surface area contributed by atoms with Crippen LogP contribution < -0.4 is 0 Å². The lowest BCUT2D eigenvalue weighted by molar-refractivity contribution is 0.628. The zero-order chi connectivity index (χ0) is 11.3. The van der Waals surface area contributed by atoms with Crippen molar-refractivity contribution < 1.29 is 4.39 Å². The Labute approximate surface area is 97.4 Å². The Morgan fingerprint density at radius 2 is 2.31 bits per heavy atom. The molecule has 0 fully saturated rings. The molecule has 1 N–H and O–H groups in total. The summed E-state index contributed by atoms with van der Waals surface area (Å²) in [6.07, 6.45) is 1.57. The topological polar surface area (TPSA) is 56.9 Å². The summed E-state index contributed by atoms with van der Waals surface area (Å²) in [6, 6.07) is 4.72. The minimum atomic E-state index is -0.362. The van der Waals surface area contributed by atoms with E-state index < -0.39 is 0 Å². The van der Waals surface area contributed by atoms with Crippen molar-refractivity contribution in [2.75, 3.05) is 0 Å². The molecule has 0 amide bonds. The van der Waals surface area contributed by atoms with Crippen molar-refractivity contribution in [1.29, 1.82) is 5.26 Å². The van der Waals surface area contributed by atoms with Gasteiger partial charge in [-0.2, -0.15) is 5.26 Å². The average molecular weight is 279 g/mol. The second-order valence-electron chi connectivity index (χ2n) is 3.33. The molecule has 0 saturated carbocycles. The molecule has 0 aliphatic carbocycles. The lowest BCUT2D eigenvalue weighted by Crippen LogP contribution is -1.84. The van der Waals surface area contributed by atoms with Crippen LogP contribution in [0.5, 0.6) is 0 Å². The van der Waals surface area contributed by atoms with Gasteiger partial charge in [-0.3, -0.25) is 5.10 Å². The van der Waals surface area contributed by atoms with E-state index in [9.17, 15) is 4.39 Å². The van der Waals surface area contributed by atoms with Gasteiger partial charge in [-0.15, -0.1) is 0 Å².